The average Bonchev–Trinajstić information content (AvgIpc) is 2.23. The maximum absolute atomic E-state index is 11.4. The molecule has 0 atom stereocenters. The first-order chi connectivity index (χ1) is 8.02. The molecule has 0 aromatic carbocycles. The number of ether oxygens (including phenoxy) is 2. The summed E-state index contributed by atoms with van der Waals surface area (Å²) in [6.45, 7) is 9.12. The maximum atomic E-state index is 11.4. The van der Waals surface area contributed by atoms with Gasteiger partial charge in [0.2, 0.25) is 5.91 Å². The summed E-state index contributed by atoms with van der Waals surface area (Å²) < 4.78 is 10.9. The molecule has 2 N–H and O–H groups in total. The lowest BCUT2D eigenvalue weighted by molar-refractivity contribution is -0.135. The Bertz CT molecular complexity index is 240. The molecule has 1 saturated heterocycles. The summed E-state index contributed by atoms with van der Waals surface area (Å²) in [7, 11) is 0. The van der Waals surface area contributed by atoms with Crippen molar-refractivity contribution in [3.05, 3.63) is 0 Å². The van der Waals surface area contributed by atoms with Gasteiger partial charge >= 0.3 is 0 Å². The molecule has 1 aliphatic rings. The standard InChI is InChI=1S/C12H24N2O3/c1-10(2)16-6-4-5-14-11(15)7-17-12(3)8-13-9-12/h10,13H,4-9H2,1-3H3,(H,14,15). The second-order valence-electron chi connectivity index (χ2n) is 4.97. The first-order valence-electron chi connectivity index (χ1n) is 6.25. The molecule has 1 heterocycles. The normalized spacial score (nSPS) is 17.9. The molecule has 1 aliphatic heterocycles. The molecule has 5 heteroatoms. The molecule has 1 amide bonds. The monoisotopic (exact) mass is 244 g/mol. The largest absolute Gasteiger partial charge is 0.379 e. The highest BCUT2D eigenvalue weighted by molar-refractivity contribution is 5.77. The van der Waals surface area contributed by atoms with E-state index in [1.54, 1.807) is 0 Å². The van der Waals surface area contributed by atoms with Gasteiger partial charge in [-0.3, -0.25) is 4.79 Å². The van der Waals surface area contributed by atoms with Gasteiger partial charge in [-0.1, -0.05) is 0 Å². The molecule has 0 aromatic rings. The molecular formula is C12H24N2O3. The molecule has 5 nitrogen and oxygen atoms in total. The zero-order chi connectivity index (χ0) is 12.7. The predicted octanol–water partition coefficient (Wildman–Crippen LogP) is 0.296. The van der Waals surface area contributed by atoms with Gasteiger partial charge in [0.1, 0.15) is 6.61 Å². The molecule has 0 radical (unpaired) electrons. The lowest BCUT2D eigenvalue weighted by Crippen LogP contribution is -2.59. The molecular weight excluding hydrogens is 220 g/mol. The van der Waals surface area contributed by atoms with E-state index in [-0.39, 0.29) is 24.2 Å². The Hall–Kier alpha value is -0.650. The third-order valence-electron chi connectivity index (χ3n) is 2.64. The van der Waals surface area contributed by atoms with Gasteiger partial charge in [0.05, 0.1) is 11.7 Å². The second kappa shape index (κ2) is 6.93. The van der Waals surface area contributed by atoms with Gasteiger partial charge < -0.3 is 20.1 Å². The number of amides is 1. The maximum Gasteiger partial charge on any atom is 0.246 e. The molecule has 100 valence electrons. The van der Waals surface area contributed by atoms with E-state index >= 15 is 0 Å². The number of carbonyl (C=O) groups is 1. The Morgan fingerprint density at radius 3 is 2.71 bits per heavy atom. The summed E-state index contributed by atoms with van der Waals surface area (Å²) in [4.78, 5) is 11.4. The van der Waals surface area contributed by atoms with Gasteiger partial charge in [-0.2, -0.15) is 0 Å². The summed E-state index contributed by atoms with van der Waals surface area (Å²) in [6.07, 6.45) is 1.09. The summed E-state index contributed by atoms with van der Waals surface area (Å²) in [5.74, 6) is -0.0531. The zero-order valence-corrected chi connectivity index (χ0v) is 11.0. The van der Waals surface area contributed by atoms with Crippen molar-refractivity contribution < 1.29 is 14.3 Å². The average molecular weight is 244 g/mol. The minimum atomic E-state index is -0.155. The van der Waals surface area contributed by atoms with E-state index in [2.05, 4.69) is 10.6 Å². The van der Waals surface area contributed by atoms with Gasteiger partial charge in [-0.15, -0.1) is 0 Å². The van der Waals surface area contributed by atoms with Crippen LogP contribution in [0.2, 0.25) is 0 Å². The topological polar surface area (TPSA) is 59.6 Å². The Balaban J connectivity index is 1.94. The van der Waals surface area contributed by atoms with Crippen LogP contribution in [0.4, 0.5) is 0 Å². The fourth-order valence-electron chi connectivity index (χ4n) is 1.49. The molecule has 0 aliphatic carbocycles. The van der Waals surface area contributed by atoms with E-state index < -0.39 is 0 Å². The zero-order valence-electron chi connectivity index (χ0n) is 11.0. The Kier molecular flexibility index (Phi) is 5.88. The van der Waals surface area contributed by atoms with Crippen LogP contribution >= 0.6 is 0 Å². The number of hydrogen-bond donors (Lipinski definition) is 2. The summed E-state index contributed by atoms with van der Waals surface area (Å²) in [5.41, 5.74) is -0.155. The third kappa shape index (κ3) is 6.00. The van der Waals surface area contributed by atoms with Crippen LogP contribution in [-0.4, -0.2) is 50.5 Å². The summed E-state index contributed by atoms with van der Waals surface area (Å²) >= 11 is 0. The number of hydrogen-bond acceptors (Lipinski definition) is 4. The van der Waals surface area contributed by atoms with Crippen LogP contribution < -0.4 is 10.6 Å². The molecule has 1 fully saturated rings. The van der Waals surface area contributed by atoms with Crippen molar-refractivity contribution in [3.8, 4) is 0 Å². The number of rotatable bonds is 8. The first-order valence-corrected chi connectivity index (χ1v) is 6.25. The molecule has 0 unspecified atom stereocenters. The minimum absolute atomic E-state index is 0.0531. The van der Waals surface area contributed by atoms with Crippen molar-refractivity contribution in [1.82, 2.24) is 10.6 Å². The Morgan fingerprint density at radius 2 is 2.18 bits per heavy atom. The molecule has 0 bridgehead atoms. The van der Waals surface area contributed by atoms with Gasteiger partial charge in [0, 0.05) is 26.2 Å². The van der Waals surface area contributed by atoms with Gasteiger partial charge in [0.15, 0.2) is 0 Å². The van der Waals surface area contributed by atoms with Crippen LogP contribution in [0.15, 0.2) is 0 Å². The van der Waals surface area contributed by atoms with E-state index in [0.29, 0.717) is 13.2 Å². The Morgan fingerprint density at radius 1 is 1.47 bits per heavy atom. The molecule has 0 aromatic heterocycles. The van der Waals surface area contributed by atoms with Crippen LogP contribution in [0.25, 0.3) is 0 Å². The third-order valence-corrected chi connectivity index (χ3v) is 2.64. The van der Waals surface area contributed by atoms with Crippen molar-refractivity contribution in [3.63, 3.8) is 0 Å². The molecule has 1 rings (SSSR count). The fourth-order valence-corrected chi connectivity index (χ4v) is 1.49. The van der Waals surface area contributed by atoms with Gasteiger partial charge in [0.25, 0.3) is 0 Å². The van der Waals surface area contributed by atoms with Crippen LogP contribution in [0, 0.1) is 0 Å². The highest BCUT2D eigenvalue weighted by Crippen LogP contribution is 2.14. The summed E-state index contributed by atoms with van der Waals surface area (Å²) in [6, 6.07) is 0. The van der Waals surface area contributed by atoms with E-state index in [9.17, 15) is 4.79 Å². The Labute approximate surface area is 103 Å². The van der Waals surface area contributed by atoms with Crippen molar-refractivity contribution in [2.45, 2.75) is 38.9 Å². The lowest BCUT2D eigenvalue weighted by atomic mass is 10.0. The van der Waals surface area contributed by atoms with Crippen molar-refractivity contribution >= 4 is 5.91 Å². The SMILES string of the molecule is CC(C)OCCCNC(=O)COC1(C)CNC1. The van der Waals surface area contributed by atoms with Crippen molar-refractivity contribution in [2.24, 2.45) is 0 Å². The van der Waals surface area contributed by atoms with E-state index in [1.165, 1.54) is 0 Å². The molecule has 17 heavy (non-hydrogen) atoms. The quantitative estimate of drug-likeness (QED) is 0.603. The number of carbonyl (C=O) groups excluding carboxylic acids is 1. The molecule has 0 saturated carbocycles. The van der Waals surface area contributed by atoms with E-state index in [4.69, 9.17) is 9.47 Å². The van der Waals surface area contributed by atoms with E-state index in [1.807, 2.05) is 20.8 Å². The van der Waals surface area contributed by atoms with Crippen LogP contribution in [0.1, 0.15) is 27.2 Å². The highest BCUT2D eigenvalue weighted by Gasteiger charge is 2.32. The van der Waals surface area contributed by atoms with Crippen molar-refractivity contribution in [1.29, 1.82) is 0 Å². The first kappa shape index (κ1) is 14.4. The van der Waals surface area contributed by atoms with Crippen molar-refractivity contribution in [2.75, 3.05) is 32.8 Å². The smallest absolute Gasteiger partial charge is 0.246 e. The lowest BCUT2D eigenvalue weighted by Gasteiger charge is -2.38. The highest BCUT2D eigenvalue weighted by atomic mass is 16.5. The van der Waals surface area contributed by atoms with Crippen LogP contribution in [-0.2, 0) is 14.3 Å². The molecule has 0 spiro atoms. The van der Waals surface area contributed by atoms with Gasteiger partial charge in [-0.25, -0.2) is 0 Å². The fraction of sp³-hybridized carbons (Fsp3) is 0.917. The number of nitrogens with one attached hydrogen (secondary N) is 2. The summed E-state index contributed by atoms with van der Waals surface area (Å²) in [5, 5.41) is 5.94. The van der Waals surface area contributed by atoms with E-state index in [0.717, 1.165) is 19.5 Å². The second-order valence-corrected chi connectivity index (χ2v) is 4.97. The van der Waals surface area contributed by atoms with Gasteiger partial charge in [-0.05, 0) is 27.2 Å². The minimum Gasteiger partial charge on any atom is -0.379 e. The van der Waals surface area contributed by atoms with Crippen LogP contribution in [0.5, 0.6) is 0 Å². The van der Waals surface area contributed by atoms with Crippen LogP contribution in [0.3, 0.4) is 0 Å². The predicted molar refractivity (Wildman–Crippen MR) is 65.9 cm³/mol.